The number of aliphatic hydroxyl groups is 2. The molecule has 1 amide bonds. The lowest BCUT2D eigenvalue weighted by Gasteiger charge is -2.54. The average molecular weight is 518 g/mol. The van der Waals surface area contributed by atoms with Crippen LogP contribution in [0.5, 0.6) is 5.75 Å². The van der Waals surface area contributed by atoms with E-state index in [1.165, 1.54) is 23.9 Å². The number of benzene rings is 1. The average Bonchev–Trinajstić information content (AvgIpc) is 2.78. The Labute approximate surface area is 209 Å². The zero-order valence-electron chi connectivity index (χ0n) is 20.4. The van der Waals surface area contributed by atoms with E-state index in [9.17, 15) is 49.4 Å². The number of fused-ring (bicyclic) bond motifs is 3. The number of Topliss-reactive ketones (excluding diaryl/α,β-unsaturated/α-hetero) is 4. The number of rotatable bonds is 4. The fourth-order valence-corrected chi connectivity index (χ4v) is 6.19. The molecule has 2 fully saturated rings. The first-order chi connectivity index (χ1) is 17.1. The first kappa shape index (κ1) is 26.3. The van der Waals surface area contributed by atoms with Crippen LogP contribution < -0.4 is 10.6 Å². The van der Waals surface area contributed by atoms with Gasteiger partial charge in [0.1, 0.15) is 0 Å². The standard InChI is InChI=1S/C23H26N4O10/c1-25(2)9-6-10(27(36)37)17(29)11-7(9)5-8-12(18(11)30)20(32)23(35)14(16(8)28)15(26(3)4)19(31)13(21(23)33)22(24)34/h6,8,12-16,28-29,35H,5H2,1-4H3,(H2,24,34)/t8?,12?,13?,14?,15-,16-,23-/m0/s1. The molecule has 14 nitrogen and oxygen atoms in total. The zero-order valence-corrected chi connectivity index (χ0v) is 20.4. The maximum atomic E-state index is 13.8. The number of nitro groups is 1. The van der Waals surface area contributed by atoms with Crippen molar-refractivity contribution in [1.29, 1.82) is 0 Å². The van der Waals surface area contributed by atoms with Gasteiger partial charge in [0.2, 0.25) is 11.7 Å². The molecule has 3 aliphatic rings. The number of amides is 1. The molecule has 198 valence electrons. The van der Waals surface area contributed by atoms with E-state index >= 15 is 0 Å². The van der Waals surface area contributed by atoms with E-state index in [0.29, 0.717) is 0 Å². The van der Waals surface area contributed by atoms with E-state index in [4.69, 9.17) is 5.73 Å². The van der Waals surface area contributed by atoms with Crippen LogP contribution >= 0.6 is 0 Å². The van der Waals surface area contributed by atoms with Crippen LogP contribution in [0, 0.1) is 33.8 Å². The van der Waals surface area contributed by atoms with Crippen molar-refractivity contribution in [3.8, 4) is 5.75 Å². The molecule has 0 radical (unpaired) electrons. The van der Waals surface area contributed by atoms with E-state index in [-0.39, 0.29) is 17.7 Å². The normalized spacial score (nSPS) is 33.1. The first-order valence-electron chi connectivity index (χ1n) is 11.3. The van der Waals surface area contributed by atoms with Crippen LogP contribution in [0.15, 0.2) is 6.07 Å². The molecule has 3 aliphatic carbocycles. The van der Waals surface area contributed by atoms with E-state index < -0.39 is 92.4 Å². The molecule has 0 aliphatic heterocycles. The number of ketones is 4. The van der Waals surface area contributed by atoms with Crippen LogP contribution in [0.4, 0.5) is 11.4 Å². The summed E-state index contributed by atoms with van der Waals surface area (Å²) in [6.07, 6.45) is -2.02. The summed E-state index contributed by atoms with van der Waals surface area (Å²) in [5, 5.41) is 45.2. The summed E-state index contributed by atoms with van der Waals surface area (Å²) in [6.45, 7) is 0. The lowest BCUT2D eigenvalue weighted by molar-refractivity contribution is -0.385. The summed E-state index contributed by atoms with van der Waals surface area (Å²) in [6, 6.07) is -0.418. The summed E-state index contributed by atoms with van der Waals surface area (Å²) in [7, 11) is 5.86. The molecule has 37 heavy (non-hydrogen) atoms. The number of anilines is 1. The highest BCUT2D eigenvalue weighted by Crippen LogP contribution is 2.53. The molecule has 0 aromatic heterocycles. The molecule has 0 saturated heterocycles. The predicted octanol–water partition coefficient (Wildman–Crippen LogP) is -2.19. The molecule has 1 aromatic rings. The maximum absolute atomic E-state index is 13.8. The predicted molar refractivity (Wildman–Crippen MR) is 124 cm³/mol. The SMILES string of the molecule is CN(C)c1cc([N+](=O)[O-])c(O)c2c1CC1C(C2=O)C(=O)[C@]2(O)C(=O)C(C(N)=O)C(=O)[C@@H](N(C)C)C2[C@H]1O. The van der Waals surface area contributed by atoms with E-state index in [1.54, 1.807) is 14.1 Å². The van der Waals surface area contributed by atoms with Gasteiger partial charge in [0, 0.05) is 31.8 Å². The largest absolute Gasteiger partial charge is 0.502 e. The van der Waals surface area contributed by atoms with Gasteiger partial charge in [0.15, 0.2) is 34.7 Å². The Bertz CT molecular complexity index is 1290. The van der Waals surface area contributed by atoms with Crippen molar-refractivity contribution < 1.29 is 44.2 Å². The number of carbonyl (C=O) groups excluding carboxylic acids is 5. The molecule has 1 aromatic carbocycles. The van der Waals surface area contributed by atoms with Gasteiger partial charge in [-0.05, 0) is 26.1 Å². The minimum Gasteiger partial charge on any atom is -0.502 e. The highest BCUT2D eigenvalue weighted by atomic mass is 16.6. The van der Waals surface area contributed by atoms with Crippen LogP contribution in [0.3, 0.4) is 0 Å². The number of phenolic OH excluding ortho intramolecular Hbond substituents is 1. The number of hydrogen-bond acceptors (Lipinski definition) is 12. The third-order valence-electron chi connectivity index (χ3n) is 7.78. The third kappa shape index (κ3) is 3.32. The summed E-state index contributed by atoms with van der Waals surface area (Å²) in [5.41, 5.74) is 1.10. The van der Waals surface area contributed by atoms with Crippen LogP contribution in [0.2, 0.25) is 0 Å². The van der Waals surface area contributed by atoms with Gasteiger partial charge in [-0.25, -0.2) is 0 Å². The van der Waals surface area contributed by atoms with Gasteiger partial charge in [0.05, 0.1) is 34.5 Å². The fraction of sp³-hybridized carbons (Fsp3) is 0.522. The Morgan fingerprint density at radius 3 is 2.24 bits per heavy atom. The second kappa shape index (κ2) is 8.39. The molecule has 4 rings (SSSR count). The number of nitrogens with zero attached hydrogens (tertiary/aromatic N) is 3. The summed E-state index contributed by atoms with van der Waals surface area (Å²) in [5.74, 6) is -14.5. The molecule has 14 heteroatoms. The fourth-order valence-electron chi connectivity index (χ4n) is 6.19. The van der Waals surface area contributed by atoms with Gasteiger partial charge in [-0.2, -0.15) is 0 Å². The number of carbonyl (C=O) groups is 5. The minimum absolute atomic E-state index is 0.126. The topological polar surface area (TPSA) is 222 Å². The Morgan fingerprint density at radius 1 is 1.16 bits per heavy atom. The first-order valence-corrected chi connectivity index (χ1v) is 11.3. The van der Waals surface area contributed by atoms with E-state index in [1.807, 2.05) is 0 Å². The van der Waals surface area contributed by atoms with E-state index in [0.717, 1.165) is 6.07 Å². The second-order valence-electron chi connectivity index (χ2n) is 10.1. The van der Waals surface area contributed by atoms with Crippen LogP contribution in [-0.2, 0) is 25.6 Å². The Morgan fingerprint density at radius 2 is 1.76 bits per heavy atom. The van der Waals surface area contributed by atoms with Crippen LogP contribution in [-0.4, -0.2) is 100 Å². The van der Waals surface area contributed by atoms with Crippen molar-refractivity contribution in [2.75, 3.05) is 33.1 Å². The molecule has 2 saturated carbocycles. The van der Waals surface area contributed by atoms with Gasteiger partial charge in [-0.3, -0.25) is 39.0 Å². The summed E-state index contributed by atoms with van der Waals surface area (Å²) < 4.78 is 0. The molecule has 0 heterocycles. The minimum atomic E-state index is -3.13. The Balaban J connectivity index is 1.98. The lowest BCUT2D eigenvalue weighted by Crippen LogP contribution is -2.77. The molecule has 0 bridgehead atoms. The lowest BCUT2D eigenvalue weighted by atomic mass is 9.51. The maximum Gasteiger partial charge on any atom is 0.313 e. The number of phenols is 1. The van der Waals surface area contributed by atoms with Crippen LogP contribution in [0.25, 0.3) is 0 Å². The molecule has 0 spiro atoms. The van der Waals surface area contributed by atoms with Crippen molar-refractivity contribution in [1.82, 2.24) is 4.90 Å². The van der Waals surface area contributed by atoms with E-state index in [2.05, 4.69) is 0 Å². The van der Waals surface area contributed by atoms with Crippen molar-refractivity contribution in [2.45, 2.75) is 24.2 Å². The Hall–Kier alpha value is -3.75. The highest BCUT2D eigenvalue weighted by Gasteiger charge is 2.72. The molecule has 4 unspecified atom stereocenters. The number of nitrogens with two attached hydrogens (primary N) is 1. The molecule has 5 N–H and O–H groups in total. The molecule has 7 atom stereocenters. The van der Waals surface area contributed by atoms with Gasteiger partial charge < -0.3 is 26.0 Å². The van der Waals surface area contributed by atoms with Gasteiger partial charge >= 0.3 is 5.69 Å². The van der Waals surface area contributed by atoms with Gasteiger partial charge in [0.25, 0.3) is 0 Å². The van der Waals surface area contributed by atoms with Gasteiger partial charge in [-0.1, -0.05) is 0 Å². The number of nitro benzene ring substituents is 1. The number of likely N-dealkylation sites (N-methyl/N-ethyl adjacent to an activating group) is 1. The third-order valence-corrected chi connectivity index (χ3v) is 7.78. The quantitative estimate of drug-likeness (QED) is 0.190. The van der Waals surface area contributed by atoms with Crippen LogP contribution in [0.1, 0.15) is 15.9 Å². The zero-order chi connectivity index (χ0) is 27.9. The van der Waals surface area contributed by atoms with Crippen molar-refractivity contribution in [3.05, 3.63) is 27.3 Å². The summed E-state index contributed by atoms with van der Waals surface area (Å²) >= 11 is 0. The van der Waals surface area contributed by atoms with Crippen molar-refractivity contribution in [3.63, 3.8) is 0 Å². The van der Waals surface area contributed by atoms with Gasteiger partial charge in [-0.15, -0.1) is 0 Å². The smallest absolute Gasteiger partial charge is 0.313 e. The molecular weight excluding hydrogens is 492 g/mol. The number of aromatic hydroxyl groups is 1. The van der Waals surface area contributed by atoms with Crippen molar-refractivity contribution >= 4 is 40.4 Å². The summed E-state index contributed by atoms with van der Waals surface area (Å²) in [4.78, 5) is 79.2. The monoisotopic (exact) mass is 518 g/mol. The Kier molecular flexibility index (Phi) is 5.97. The second-order valence-corrected chi connectivity index (χ2v) is 10.1. The highest BCUT2D eigenvalue weighted by molar-refractivity contribution is 6.32. The number of primary amides is 1. The molecular formula is C23H26N4O10. The van der Waals surface area contributed by atoms with Crippen molar-refractivity contribution in [2.24, 2.45) is 29.4 Å². The number of hydrogen-bond donors (Lipinski definition) is 4. The number of aliphatic hydroxyl groups excluding tert-OH is 1.